The fourth-order valence-electron chi connectivity index (χ4n) is 3.16. The van der Waals surface area contributed by atoms with E-state index < -0.39 is 51.9 Å². The highest BCUT2D eigenvalue weighted by Gasteiger charge is 2.52. The summed E-state index contributed by atoms with van der Waals surface area (Å²) in [5, 5.41) is 0. The average molecular weight is 448 g/mol. The third-order valence-electron chi connectivity index (χ3n) is 4.70. The van der Waals surface area contributed by atoms with Crippen molar-refractivity contribution >= 4 is 16.1 Å². The Kier molecular flexibility index (Phi) is 6.17. The number of aromatic amines is 1. The highest BCUT2D eigenvalue weighted by Crippen LogP contribution is 2.39. The first-order valence-corrected chi connectivity index (χ1v) is 10.9. The lowest BCUT2D eigenvalue weighted by atomic mass is 9.99. The molecule has 1 aromatic carbocycles. The maximum absolute atomic E-state index is 12.3. The Morgan fingerprint density at radius 1 is 1.35 bits per heavy atom. The van der Waals surface area contributed by atoms with Crippen LogP contribution in [0.5, 0.6) is 0 Å². The molecule has 2 aromatic rings. The van der Waals surface area contributed by atoms with Gasteiger partial charge in [-0.1, -0.05) is 24.1 Å². The van der Waals surface area contributed by atoms with Crippen molar-refractivity contribution in [2.75, 3.05) is 12.9 Å². The first kappa shape index (κ1) is 22.5. The number of H-pyrrole nitrogens is 1. The molecule has 3 atom stereocenters. The van der Waals surface area contributed by atoms with Gasteiger partial charge in [-0.2, -0.15) is 8.42 Å². The molecule has 0 radical (unpaired) electrons. The van der Waals surface area contributed by atoms with E-state index in [1.165, 1.54) is 25.3 Å². The summed E-state index contributed by atoms with van der Waals surface area (Å²) in [7, 11) is -3.97. The van der Waals surface area contributed by atoms with E-state index in [9.17, 15) is 22.8 Å². The number of carbonyl (C=O) groups is 1. The van der Waals surface area contributed by atoms with E-state index in [1.807, 2.05) is 0 Å². The van der Waals surface area contributed by atoms with Crippen LogP contribution in [0, 0.1) is 19.3 Å². The molecule has 0 spiro atoms. The number of nitrogens with zero attached hydrogens (tertiary/aromatic N) is 1. The number of aromatic nitrogens is 2. The Bertz CT molecular complexity index is 1240. The number of carbonyl (C=O) groups excluding carboxylic acids is 1. The average Bonchev–Trinajstić information content (AvgIpc) is 3.06. The predicted octanol–water partition coefficient (Wildman–Crippen LogP) is 0.338. The molecule has 1 aromatic heterocycles. The van der Waals surface area contributed by atoms with Crippen LogP contribution in [0.1, 0.15) is 28.6 Å². The van der Waals surface area contributed by atoms with Crippen LogP contribution in [0.4, 0.5) is 0 Å². The molecule has 0 saturated carbocycles. The SMILES string of the molecule is C#C[C@]1(COC(=O)c2ccccc2)O[C@H](n2cc(C)c(=O)[nH]c2=O)C[C@H]1OS(C)(=O)=O. The van der Waals surface area contributed by atoms with E-state index in [2.05, 4.69) is 10.9 Å². The first-order chi connectivity index (χ1) is 14.5. The number of nitrogens with one attached hydrogen (secondary N) is 1. The lowest BCUT2D eigenvalue weighted by Crippen LogP contribution is -2.45. The van der Waals surface area contributed by atoms with Gasteiger partial charge in [0.2, 0.25) is 0 Å². The lowest BCUT2D eigenvalue weighted by molar-refractivity contribution is -0.0904. The minimum absolute atomic E-state index is 0.147. The standard InChI is InChI=1S/C20H20N2O8S/c1-4-20(12-28-18(24)14-8-6-5-7-9-14)15(30-31(3,26)27)10-16(29-20)22-11-13(2)17(23)21-19(22)25/h1,5-9,11,15-16H,10,12H2,2-3H3,(H,21,23,25)/t15-,16+,20-/m1/s1. The highest BCUT2D eigenvalue weighted by molar-refractivity contribution is 7.86. The number of hydrogen-bond donors (Lipinski definition) is 1. The van der Waals surface area contributed by atoms with Gasteiger partial charge in [0.1, 0.15) is 18.9 Å². The van der Waals surface area contributed by atoms with Gasteiger partial charge in [0.15, 0.2) is 5.60 Å². The van der Waals surface area contributed by atoms with Gasteiger partial charge in [-0.3, -0.25) is 18.5 Å². The van der Waals surface area contributed by atoms with E-state index in [4.69, 9.17) is 20.1 Å². The Morgan fingerprint density at radius 2 is 2.03 bits per heavy atom. The Hall–Kier alpha value is -3.20. The van der Waals surface area contributed by atoms with Crippen molar-refractivity contribution in [3.63, 3.8) is 0 Å². The van der Waals surface area contributed by atoms with Crippen molar-refractivity contribution in [1.29, 1.82) is 0 Å². The van der Waals surface area contributed by atoms with E-state index in [0.717, 1.165) is 10.8 Å². The number of benzene rings is 1. The molecule has 11 heteroatoms. The van der Waals surface area contributed by atoms with Crippen LogP contribution >= 0.6 is 0 Å². The molecule has 1 aliphatic rings. The number of esters is 1. The Balaban J connectivity index is 1.93. The number of hydrogen-bond acceptors (Lipinski definition) is 8. The zero-order chi connectivity index (χ0) is 22.8. The summed E-state index contributed by atoms with van der Waals surface area (Å²) in [6.07, 6.45) is 5.29. The van der Waals surface area contributed by atoms with Gasteiger partial charge in [0.05, 0.1) is 11.8 Å². The van der Waals surface area contributed by atoms with E-state index in [1.54, 1.807) is 18.2 Å². The fourth-order valence-corrected chi connectivity index (χ4v) is 3.82. The topological polar surface area (TPSA) is 134 Å². The minimum atomic E-state index is -3.97. The second-order valence-corrected chi connectivity index (χ2v) is 8.65. The number of aryl methyl sites for hydroxylation is 1. The molecule has 0 bridgehead atoms. The van der Waals surface area contributed by atoms with Crippen LogP contribution in [-0.4, -0.2) is 48.5 Å². The van der Waals surface area contributed by atoms with Crippen molar-refractivity contribution < 1.29 is 26.9 Å². The molecule has 0 unspecified atom stereocenters. The summed E-state index contributed by atoms with van der Waals surface area (Å²) in [6, 6.07) is 8.10. The molecule has 10 nitrogen and oxygen atoms in total. The minimum Gasteiger partial charge on any atom is -0.458 e. The van der Waals surface area contributed by atoms with Crippen molar-refractivity contribution in [3.05, 3.63) is 68.5 Å². The summed E-state index contributed by atoms with van der Waals surface area (Å²) >= 11 is 0. The van der Waals surface area contributed by atoms with Crippen molar-refractivity contribution in [1.82, 2.24) is 9.55 Å². The molecule has 1 N–H and O–H groups in total. The van der Waals surface area contributed by atoms with Gasteiger partial charge in [-0.25, -0.2) is 9.59 Å². The summed E-state index contributed by atoms with van der Waals surface area (Å²) < 4.78 is 40.9. The molecular weight excluding hydrogens is 428 g/mol. The van der Waals surface area contributed by atoms with Crippen LogP contribution in [0.15, 0.2) is 46.1 Å². The van der Waals surface area contributed by atoms with Crippen molar-refractivity contribution in [3.8, 4) is 12.3 Å². The van der Waals surface area contributed by atoms with Crippen LogP contribution in [0.25, 0.3) is 0 Å². The molecule has 164 valence electrons. The molecule has 3 rings (SSSR count). The maximum Gasteiger partial charge on any atom is 0.338 e. The molecule has 0 amide bonds. The molecule has 1 aliphatic heterocycles. The quantitative estimate of drug-likeness (QED) is 0.380. The second kappa shape index (κ2) is 8.50. The number of ether oxygens (including phenoxy) is 2. The van der Waals surface area contributed by atoms with Gasteiger partial charge in [0, 0.05) is 18.2 Å². The Labute approximate surface area is 177 Å². The summed E-state index contributed by atoms with van der Waals surface area (Å²) in [5.41, 5.74) is -2.63. The maximum atomic E-state index is 12.3. The van der Waals surface area contributed by atoms with E-state index >= 15 is 0 Å². The van der Waals surface area contributed by atoms with Crippen LogP contribution in [-0.2, 0) is 23.8 Å². The van der Waals surface area contributed by atoms with Crippen LogP contribution < -0.4 is 11.2 Å². The first-order valence-electron chi connectivity index (χ1n) is 9.13. The van der Waals surface area contributed by atoms with E-state index in [0.29, 0.717) is 0 Å². The third-order valence-corrected chi connectivity index (χ3v) is 5.28. The number of rotatable bonds is 6. The Morgan fingerprint density at radius 3 is 2.65 bits per heavy atom. The molecule has 0 aliphatic carbocycles. The van der Waals surface area contributed by atoms with E-state index in [-0.39, 0.29) is 17.5 Å². The molecule has 31 heavy (non-hydrogen) atoms. The highest BCUT2D eigenvalue weighted by atomic mass is 32.2. The van der Waals surface area contributed by atoms with Crippen LogP contribution in [0.2, 0.25) is 0 Å². The molecule has 1 saturated heterocycles. The normalized spacial score (nSPS) is 23.3. The summed E-state index contributed by atoms with van der Waals surface area (Å²) in [5.74, 6) is 1.63. The van der Waals surface area contributed by atoms with Gasteiger partial charge in [-0.15, -0.1) is 6.42 Å². The second-order valence-electron chi connectivity index (χ2n) is 7.05. The predicted molar refractivity (Wildman–Crippen MR) is 109 cm³/mol. The van der Waals surface area contributed by atoms with Gasteiger partial charge < -0.3 is 9.47 Å². The van der Waals surface area contributed by atoms with Gasteiger partial charge in [-0.05, 0) is 19.1 Å². The summed E-state index contributed by atoms with van der Waals surface area (Å²) in [6.45, 7) is 0.968. The zero-order valence-electron chi connectivity index (χ0n) is 16.7. The van der Waals surface area contributed by atoms with Crippen molar-refractivity contribution in [2.24, 2.45) is 0 Å². The fraction of sp³-hybridized carbons (Fsp3) is 0.350. The molecule has 2 heterocycles. The third kappa shape index (κ3) is 4.93. The lowest BCUT2D eigenvalue weighted by Gasteiger charge is -2.28. The number of terminal acetylenes is 1. The molecule has 1 fully saturated rings. The zero-order valence-corrected chi connectivity index (χ0v) is 17.5. The largest absolute Gasteiger partial charge is 0.458 e. The summed E-state index contributed by atoms with van der Waals surface area (Å²) in [4.78, 5) is 38.4. The van der Waals surface area contributed by atoms with Crippen molar-refractivity contribution in [2.45, 2.75) is 31.3 Å². The smallest absolute Gasteiger partial charge is 0.338 e. The van der Waals surface area contributed by atoms with Crippen LogP contribution in [0.3, 0.4) is 0 Å². The monoisotopic (exact) mass is 448 g/mol. The molecular formula is C20H20N2O8S. The van der Waals surface area contributed by atoms with Gasteiger partial charge in [0.25, 0.3) is 15.7 Å². The van der Waals surface area contributed by atoms with Gasteiger partial charge >= 0.3 is 11.7 Å².